The van der Waals surface area contributed by atoms with Crippen LogP contribution < -0.4 is 4.74 Å². The number of carbonyl (C=O) groups is 1. The number of nitrogens with zero attached hydrogens (tertiary/aromatic N) is 2. The maximum atomic E-state index is 12.3. The molecule has 0 unspecified atom stereocenters. The highest BCUT2D eigenvalue weighted by atomic mass is 16.7. The Morgan fingerprint density at radius 1 is 1.21 bits per heavy atom. The van der Waals surface area contributed by atoms with E-state index in [1.54, 1.807) is 20.2 Å². The summed E-state index contributed by atoms with van der Waals surface area (Å²) in [6, 6.07) is 0.168. The minimum absolute atomic E-state index is 0.168. The smallest absolute Gasteiger partial charge is 0.345 e. The molecule has 0 N–H and O–H groups in total. The molecule has 1 aromatic rings. The Bertz CT molecular complexity index is 618. The van der Waals surface area contributed by atoms with E-state index < -0.39 is 11.8 Å². The highest BCUT2D eigenvalue weighted by molar-refractivity contribution is 5.91. The summed E-state index contributed by atoms with van der Waals surface area (Å²) in [5.74, 6) is -0.576. The van der Waals surface area contributed by atoms with Crippen LogP contribution in [0.4, 0.5) is 0 Å². The van der Waals surface area contributed by atoms with Crippen LogP contribution in [0, 0.1) is 0 Å². The van der Waals surface area contributed by atoms with Crippen molar-refractivity contribution < 1.29 is 33.2 Å². The summed E-state index contributed by atoms with van der Waals surface area (Å²) in [5.41, 5.74) is 0.340. The van der Waals surface area contributed by atoms with Gasteiger partial charge in [0.25, 0.3) is 0 Å². The minimum atomic E-state index is -0.432. The molecule has 0 amide bonds. The third-order valence-electron chi connectivity index (χ3n) is 5.00. The highest BCUT2D eigenvalue weighted by Crippen LogP contribution is 2.40. The summed E-state index contributed by atoms with van der Waals surface area (Å²) >= 11 is 0. The summed E-state index contributed by atoms with van der Waals surface area (Å²) in [5, 5.41) is 4.52. The molecule has 0 radical (unpaired) electrons. The Morgan fingerprint density at radius 3 is 2.61 bits per heavy atom. The number of rotatable bonds is 10. The monoisotopic (exact) mass is 398 g/mol. The van der Waals surface area contributed by atoms with E-state index in [1.807, 2.05) is 4.68 Å². The molecule has 1 saturated heterocycles. The van der Waals surface area contributed by atoms with Crippen molar-refractivity contribution in [3.63, 3.8) is 0 Å². The molecular weight excluding hydrogens is 368 g/mol. The molecule has 2 aliphatic rings. The molecule has 0 aromatic carbocycles. The van der Waals surface area contributed by atoms with E-state index in [0.717, 1.165) is 25.7 Å². The van der Waals surface area contributed by atoms with E-state index in [9.17, 15) is 4.79 Å². The molecule has 1 saturated carbocycles. The van der Waals surface area contributed by atoms with Crippen LogP contribution in [0.2, 0.25) is 0 Å². The average molecular weight is 398 g/mol. The number of methoxy groups -OCH3 is 1. The van der Waals surface area contributed by atoms with Crippen molar-refractivity contribution >= 4 is 5.97 Å². The molecule has 2 heterocycles. The van der Waals surface area contributed by atoms with Crippen molar-refractivity contribution in [2.24, 2.45) is 0 Å². The van der Waals surface area contributed by atoms with Crippen molar-refractivity contribution in [2.75, 3.05) is 53.4 Å². The standard InChI is InChI=1S/C19H30N2O7/c1-3-25-18(22)16-14-21(20-17(16)26-11-10-24-9-8-23-2)15-4-6-19(7-5-15)27-12-13-28-19/h14-15H,3-13H2,1-2H3. The first-order valence-electron chi connectivity index (χ1n) is 9.91. The van der Waals surface area contributed by atoms with Gasteiger partial charge < -0.3 is 28.4 Å². The molecule has 3 rings (SSSR count). The zero-order chi connectivity index (χ0) is 19.8. The Balaban J connectivity index is 1.60. The fourth-order valence-corrected chi connectivity index (χ4v) is 3.55. The molecule has 9 nitrogen and oxygen atoms in total. The van der Waals surface area contributed by atoms with Gasteiger partial charge in [0, 0.05) is 26.1 Å². The lowest BCUT2D eigenvalue weighted by Gasteiger charge is -2.35. The lowest BCUT2D eigenvalue weighted by molar-refractivity contribution is -0.181. The third-order valence-corrected chi connectivity index (χ3v) is 5.00. The van der Waals surface area contributed by atoms with Crippen molar-refractivity contribution in [2.45, 2.75) is 44.4 Å². The zero-order valence-electron chi connectivity index (χ0n) is 16.7. The van der Waals surface area contributed by atoms with E-state index in [0.29, 0.717) is 51.8 Å². The average Bonchev–Trinajstić information content (AvgIpc) is 3.33. The normalized spacial score (nSPS) is 19.2. The molecule has 158 valence electrons. The summed E-state index contributed by atoms with van der Waals surface area (Å²) in [6.07, 6.45) is 5.08. The first kappa shape index (κ1) is 21.0. The van der Waals surface area contributed by atoms with Crippen LogP contribution >= 0.6 is 0 Å². The summed E-state index contributed by atoms with van der Waals surface area (Å²) in [4.78, 5) is 12.3. The second-order valence-corrected chi connectivity index (χ2v) is 6.84. The molecule has 0 bridgehead atoms. The van der Waals surface area contributed by atoms with Crippen LogP contribution in [0.25, 0.3) is 0 Å². The number of esters is 1. The number of ether oxygens (including phenoxy) is 6. The van der Waals surface area contributed by atoms with Gasteiger partial charge in [0.05, 0.1) is 45.7 Å². The van der Waals surface area contributed by atoms with E-state index in [1.165, 1.54) is 0 Å². The molecule has 1 aliphatic carbocycles. The lowest BCUT2D eigenvalue weighted by Crippen LogP contribution is -2.35. The second-order valence-electron chi connectivity index (χ2n) is 6.84. The number of hydrogen-bond acceptors (Lipinski definition) is 8. The molecule has 1 spiro atoms. The molecule has 9 heteroatoms. The Kier molecular flexibility index (Phi) is 7.66. The Labute approximate surface area is 165 Å². The van der Waals surface area contributed by atoms with Crippen molar-refractivity contribution in [3.8, 4) is 5.88 Å². The first-order valence-corrected chi connectivity index (χ1v) is 9.91. The van der Waals surface area contributed by atoms with Crippen LogP contribution in [0.3, 0.4) is 0 Å². The zero-order valence-corrected chi connectivity index (χ0v) is 16.7. The van der Waals surface area contributed by atoms with Crippen LogP contribution in [-0.2, 0) is 23.7 Å². The molecule has 1 aliphatic heterocycles. The van der Waals surface area contributed by atoms with Crippen LogP contribution in [-0.4, -0.2) is 74.9 Å². The fraction of sp³-hybridized carbons (Fsp3) is 0.789. The van der Waals surface area contributed by atoms with Crippen LogP contribution in [0.1, 0.15) is 49.0 Å². The van der Waals surface area contributed by atoms with Gasteiger partial charge in [0.2, 0.25) is 5.88 Å². The van der Waals surface area contributed by atoms with Gasteiger partial charge >= 0.3 is 5.97 Å². The van der Waals surface area contributed by atoms with E-state index in [-0.39, 0.29) is 11.9 Å². The van der Waals surface area contributed by atoms with Gasteiger partial charge in [-0.05, 0) is 19.8 Å². The van der Waals surface area contributed by atoms with E-state index >= 15 is 0 Å². The largest absolute Gasteiger partial charge is 0.474 e. The predicted molar refractivity (Wildman–Crippen MR) is 98.5 cm³/mol. The Morgan fingerprint density at radius 2 is 1.93 bits per heavy atom. The maximum Gasteiger partial charge on any atom is 0.345 e. The number of carbonyl (C=O) groups excluding carboxylic acids is 1. The second kappa shape index (κ2) is 10.2. The summed E-state index contributed by atoms with van der Waals surface area (Å²) in [6.45, 7) is 5.08. The highest BCUT2D eigenvalue weighted by Gasteiger charge is 2.41. The topological polar surface area (TPSA) is 90.3 Å². The summed E-state index contributed by atoms with van der Waals surface area (Å²) < 4.78 is 34.6. The molecule has 2 fully saturated rings. The summed E-state index contributed by atoms with van der Waals surface area (Å²) in [7, 11) is 1.62. The number of aromatic nitrogens is 2. The van der Waals surface area contributed by atoms with E-state index in [2.05, 4.69) is 5.10 Å². The van der Waals surface area contributed by atoms with Gasteiger partial charge in [-0.25, -0.2) is 4.79 Å². The van der Waals surface area contributed by atoms with E-state index in [4.69, 9.17) is 28.4 Å². The van der Waals surface area contributed by atoms with Crippen LogP contribution in [0.5, 0.6) is 5.88 Å². The number of hydrogen-bond donors (Lipinski definition) is 0. The molecule has 1 aromatic heterocycles. The maximum absolute atomic E-state index is 12.3. The van der Waals surface area contributed by atoms with Gasteiger partial charge in [-0.15, -0.1) is 5.10 Å². The van der Waals surface area contributed by atoms with Crippen molar-refractivity contribution in [3.05, 3.63) is 11.8 Å². The van der Waals surface area contributed by atoms with Gasteiger partial charge in [0.15, 0.2) is 5.79 Å². The molecular formula is C19H30N2O7. The predicted octanol–water partition coefficient (Wildman–Crippen LogP) is 1.96. The van der Waals surface area contributed by atoms with Crippen LogP contribution in [0.15, 0.2) is 6.20 Å². The van der Waals surface area contributed by atoms with Gasteiger partial charge in [0.1, 0.15) is 12.2 Å². The fourth-order valence-electron chi connectivity index (χ4n) is 3.55. The SMILES string of the molecule is CCOC(=O)c1cn(C2CCC3(CC2)OCCO3)nc1OCCOCCOC. The van der Waals surface area contributed by atoms with Gasteiger partial charge in [-0.1, -0.05) is 0 Å². The quantitative estimate of drug-likeness (QED) is 0.436. The Hall–Kier alpha value is -1.68. The minimum Gasteiger partial charge on any atom is -0.474 e. The third kappa shape index (κ3) is 5.22. The molecule has 28 heavy (non-hydrogen) atoms. The molecule has 0 atom stereocenters. The first-order chi connectivity index (χ1) is 13.7. The van der Waals surface area contributed by atoms with Crippen molar-refractivity contribution in [1.82, 2.24) is 9.78 Å². The van der Waals surface area contributed by atoms with Crippen molar-refractivity contribution in [1.29, 1.82) is 0 Å². The van der Waals surface area contributed by atoms with Gasteiger partial charge in [-0.3, -0.25) is 4.68 Å². The lowest BCUT2D eigenvalue weighted by atomic mass is 9.90. The van der Waals surface area contributed by atoms with Gasteiger partial charge in [-0.2, -0.15) is 0 Å².